The van der Waals surface area contributed by atoms with E-state index < -0.39 is 0 Å². The van der Waals surface area contributed by atoms with Crippen LogP contribution in [0.5, 0.6) is 0 Å². The maximum atomic E-state index is 9.97. The van der Waals surface area contributed by atoms with Crippen LogP contribution in [0.1, 0.15) is 61.8 Å². The summed E-state index contributed by atoms with van der Waals surface area (Å²) in [5.74, 6) is 0. The minimum Gasteiger partial charge on any atom is -0.392 e. The van der Waals surface area contributed by atoms with E-state index in [0.717, 1.165) is 18.4 Å². The van der Waals surface area contributed by atoms with Crippen LogP contribution >= 0.6 is 0 Å². The van der Waals surface area contributed by atoms with Gasteiger partial charge in [0.2, 0.25) is 0 Å². The van der Waals surface area contributed by atoms with Crippen LogP contribution in [0, 0.1) is 6.92 Å². The Hall–Kier alpha value is -1.60. The molecule has 2 rings (SSSR count). The van der Waals surface area contributed by atoms with Gasteiger partial charge in [-0.3, -0.25) is 0 Å². The fourth-order valence-electron chi connectivity index (χ4n) is 3.25. The van der Waals surface area contributed by atoms with Gasteiger partial charge >= 0.3 is 0 Å². The maximum absolute atomic E-state index is 9.97. The Bertz CT molecular complexity index is 628. The van der Waals surface area contributed by atoms with Crippen molar-refractivity contribution in [3.05, 3.63) is 58.7 Å². The van der Waals surface area contributed by atoms with E-state index in [1.807, 2.05) is 0 Å². The third-order valence-electron chi connectivity index (χ3n) is 4.56. The number of aliphatic hydroxyl groups is 1. The fourth-order valence-corrected chi connectivity index (χ4v) is 3.25. The van der Waals surface area contributed by atoms with Gasteiger partial charge in [-0.05, 0) is 66.0 Å². The molecule has 0 atom stereocenters. The summed E-state index contributed by atoms with van der Waals surface area (Å²) < 4.78 is 0. The first-order valence-corrected chi connectivity index (χ1v) is 9.02. The van der Waals surface area contributed by atoms with E-state index in [1.165, 1.54) is 53.5 Å². The van der Waals surface area contributed by atoms with E-state index in [9.17, 15) is 5.11 Å². The second kappa shape index (κ2) is 8.88. The molecule has 0 fully saturated rings. The van der Waals surface area contributed by atoms with Crippen LogP contribution in [0.3, 0.4) is 0 Å². The summed E-state index contributed by atoms with van der Waals surface area (Å²) in [4.78, 5) is 0. The molecule has 0 bridgehead atoms. The Labute approximate surface area is 141 Å². The minimum absolute atomic E-state index is 0.114. The molecule has 0 radical (unpaired) electrons. The number of benzene rings is 2. The molecule has 0 saturated carbocycles. The van der Waals surface area contributed by atoms with Gasteiger partial charge in [0.25, 0.3) is 0 Å². The van der Waals surface area contributed by atoms with Crippen LogP contribution in [0.4, 0.5) is 0 Å². The molecule has 1 heteroatoms. The first kappa shape index (κ1) is 17.7. The van der Waals surface area contributed by atoms with Gasteiger partial charge in [-0.2, -0.15) is 0 Å². The highest BCUT2D eigenvalue weighted by atomic mass is 16.3. The SMILES string of the molecule is CCCCc1cc(CO)c(-c2ccccc2C)c(CCCC)c1. The van der Waals surface area contributed by atoms with Gasteiger partial charge < -0.3 is 5.11 Å². The summed E-state index contributed by atoms with van der Waals surface area (Å²) in [6.07, 6.45) is 7.01. The Morgan fingerprint density at radius 2 is 1.52 bits per heavy atom. The van der Waals surface area contributed by atoms with Crippen LogP contribution in [0.25, 0.3) is 11.1 Å². The van der Waals surface area contributed by atoms with Crippen molar-refractivity contribution in [1.29, 1.82) is 0 Å². The highest BCUT2D eigenvalue weighted by molar-refractivity contribution is 5.74. The minimum atomic E-state index is 0.114. The number of unbranched alkanes of at least 4 members (excludes halogenated alkanes) is 2. The van der Waals surface area contributed by atoms with Crippen molar-refractivity contribution >= 4 is 0 Å². The van der Waals surface area contributed by atoms with Gasteiger partial charge in [0.05, 0.1) is 6.61 Å². The van der Waals surface area contributed by atoms with Gasteiger partial charge in [0.15, 0.2) is 0 Å². The Kier molecular flexibility index (Phi) is 6.85. The molecule has 0 aliphatic carbocycles. The lowest BCUT2D eigenvalue weighted by atomic mass is 9.87. The average molecular weight is 310 g/mol. The van der Waals surface area contributed by atoms with Crippen molar-refractivity contribution in [2.24, 2.45) is 0 Å². The molecule has 23 heavy (non-hydrogen) atoms. The first-order chi connectivity index (χ1) is 11.2. The van der Waals surface area contributed by atoms with E-state index in [1.54, 1.807) is 0 Å². The zero-order valence-corrected chi connectivity index (χ0v) is 14.9. The summed E-state index contributed by atoms with van der Waals surface area (Å²) in [7, 11) is 0. The number of hydrogen-bond acceptors (Lipinski definition) is 1. The van der Waals surface area contributed by atoms with Gasteiger partial charge in [-0.15, -0.1) is 0 Å². The average Bonchev–Trinajstić information content (AvgIpc) is 2.58. The molecular formula is C22H30O. The highest BCUT2D eigenvalue weighted by Crippen LogP contribution is 2.33. The molecule has 2 aromatic rings. The van der Waals surface area contributed by atoms with Crippen molar-refractivity contribution in [1.82, 2.24) is 0 Å². The zero-order valence-electron chi connectivity index (χ0n) is 14.9. The van der Waals surface area contributed by atoms with E-state index in [4.69, 9.17) is 0 Å². The molecule has 0 saturated heterocycles. The number of aryl methyl sites for hydroxylation is 3. The number of hydrogen-bond donors (Lipinski definition) is 1. The standard InChI is InChI=1S/C22H30O/c1-4-6-11-18-14-19(12-7-5-2)22(20(15-18)16-23)21-13-9-8-10-17(21)3/h8-10,13-15,23H,4-7,11-12,16H2,1-3H3. The normalized spacial score (nSPS) is 11.0. The van der Waals surface area contributed by atoms with E-state index in [-0.39, 0.29) is 6.61 Å². The molecule has 1 nitrogen and oxygen atoms in total. The lowest BCUT2D eigenvalue weighted by Crippen LogP contribution is -2.01. The van der Waals surface area contributed by atoms with Gasteiger partial charge in [0, 0.05) is 0 Å². The summed E-state index contributed by atoms with van der Waals surface area (Å²) >= 11 is 0. The molecule has 0 aromatic heterocycles. The topological polar surface area (TPSA) is 20.2 Å². The monoisotopic (exact) mass is 310 g/mol. The predicted octanol–water partition coefficient (Wildman–Crippen LogP) is 5.84. The van der Waals surface area contributed by atoms with Crippen LogP contribution in [0.2, 0.25) is 0 Å². The molecule has 0 heterocycles. The molecular weight excluding hydrogens is 280 g/mol. The summed E-state index contributed by atoms with van der Waals surface area (Å²) in [5.41, 5.74) is 7.67. The van der Waals surface area contributed by atoms with Gasteiger partial charge in [-0.1, -0.05) is 63.1 Å². The van der Waals surface area contributed by atoms with Gasteiger partial charge in [0.1, 0.15) is 0 Å². The van der Waals surface area contributed by atoms with Gasteiger partial charge in [-0.25, -0.2) is 0 Å². The molecule has 0 aliphatic heterocycles. The second-order valence-corrected chi connectivity index (χ2v) is 6.47. The Morgan fingerprint density at radius 3 is 2.17 bits per heavy atom. The van der Waals surface area contributed by atoms with Crippen molar-refractivity contribution in [3.8, 4) is 11.1 Å². The predicted molar refractivity (Wildman–Crippen MR) is 99.8 cm³/mol. The van der Waals surface area contributed by atoms with Crippen molar-refractivity contribution in [3.63, 3.8) is 0 Å². The third kappa shape index (κ3) is 4.45. The van der Waals surface area contributed by atoms with Crippen molar-refractivity contribution < 1.29 is 5.11 Å². The van der Waals surface area contributed by atoms with Crippen molar-refractivity contribution in [2.45, 2.75) is 65.9 Å². The van der Waals surface area contributed by atoms with E-state index in [2.05, 4.69) is 57.2 Å². The summed E-state index contributed by atoms with van der Waals surface area (Å²) in [6, 6.07) is 13.1. The molecule has 0 amide bonds. The van der Waals surface area contributed by atoms with Crippen LogP contribution in [-0.4, -0.2) is 5.11 Å². The summed E-state index contributed by atoms with van der Waals surface area (Å²) in [6.45, 7) is 6.74. The number of aliphatic hydroxyl groups excluding tert-OH is 1. The zero-order chi connectivity index (χ0) is 16.7. The number of rotatable bonds is 8. The second-order valence-electron chi connectivity index (χ2n) is 6.47. The first-order valence-electron chi connectivity index (χ1n) is 9.02. The molecule has 1 N–H and O–H groups in total. The smallest absolute Gasteiger partial charge is 0.0688 e. The summed E-state index contributed by atoms with van der Waals surface area (Å²) in [5, 5.41) is 9.97. The fraction of sp³-hybridized carbons (Fsp3) is 0.455. The lowest BCUT2D eigenvalue weighted by molar-refractivity contribution is 0.282. The quantitative estimate of drug-likeness (QED) is 0.649. The maximum Gasteiger partial charge on any atom is 0.0688 e. The molecule has 124 valence electrons. The molecule has 2 aromatic carbocycles. The largest absolute Gasteiger partial charge is 0.392 e. The third-order valence-corrected chi connectivity index (χ3v) is 4.56. The van der Waals surface area contributed by atoms with E-state index >= 15 is 0 Å². The van der Waals surface area contributed by atoms with Crippen LogP contribution in [-0.2, 0) is 19.4 Å². The Balaban J connectivity index is 2.55. The Morgan fingerprint density at radius 1 is 0.870 bits per heavy atom. The molecule has 0 unspecified atom stereocenters. The highest BCUT2D eigenvalue weighted by Gasteiger charge is 2.14. The lowest BCUT2D eigenvalue weighted by Gasteiger charge is -2.18. The molecule has 0 spiro atoms. The van der Waals surface area contributed by atoms with Crippen LogP contribution in [0.15, 0.2) is 36.4 Å². The van der Waals surface area contributed by atoms with Crippen LogP contribution < -0.4 is 0 Å². The van der Waals surface area contributed by atoms with E-state index in [0.29, 0.717) is 0 Å². The molecule has 0 aliphatic rings. The van der Waals surface area contributed by atoms with Crippen molar-refractivity contribution in [2.75, 3.05) is 0 Å².